The summed E-state index contributed by atoms with van der Waals surface area (Å²) in [6.07, 6.45) is 0. The molecular weight excluding hydrogens is 384 g/mol. The Morgan fingerprint density at radius 1 is 1.12 bits per heavy atom. The van der Waals surface area contributed by atoms with E-state index in [0.29, 0.717) is 14.9 Å². The van der Waals surface area contributed by atoms with Crippen molar-refractivity contribution in [3.05, 3.63) is 86.5 Å². The molecule has 0 bridgehead atoms. The molecule has 0 aliphatic heterocycles. The van der Waals surface area contributed by atoms with E-state index < -0.39 is 0 Å². The van der Waals surface area contributed by atoms with Crippen molar-refractivity contribution in [1.82, 2.24) is 9.55 Å². The van der Waals surface area contributed by atoms with Crippen molar-refractivity contribution < 1.29 is 0 Å². The van der Waals surface area contributed by atoms with E-state index in [2.05, 4.69) is 19.1 Å². The van der Waals surface area contributed by atoms with Gasteiger partial charge in [-0.2, -0.15) is 0 Å². The zero-order chi connectivity index (χ0) is 18.1. The Hall–Kier alpha value is -2.08. The first-order valence-corrected chi connectivity index (χ1v) is 10.3. The molecule has 6 heteroatoms. The number of aryl methyl sites for hydroxylation is 1. The summed E-state index contributed by atoms with van der Waals surface area (Å²) in [5.41, 5.74) is 3.95. The molecule has 2 aromatic carbocycles. The lowest BCUT2D eigenvalue weighted by Gasteiger charge is -2.13. The van der Waals surface area contributed by atoms with Gasteiger partial charge >= 0.3 is 0 Å². The van der Waals surface area contributed by atoms with E-state index in [-0.39, 0.29) is 5.56 Å². The van der Waals surface area contributed by atoms with Crippen LogP contribution in [0.15, 0.2) is 69.9 Å². The standard InChI is InChI=1S/C20H15ClN2OS2/c1-13-4-2-3-5-14(13)12-26-20-22-17-10-11-25-18(17)19(24)23(20)16-8-6-15(21)7-9-16/h2-11H,12H2,1H3. The van der Waals surface area contributed by atoms with Crippen molar-refractivity contribution in [2.45, 2.75) is 17.8 Å². The Bertz CT molecular complexity index is 1130. The van der Waals surface area contributed by atoms with Crippen LogP contribution in [0.2, 0.25) is 5.02 Å². The van der Waals surface area contributed by atoms with E-state index in [1.165, 1.54) is 22.5 Å². The number of hydrogen-bond acceptors (Lipinski definition) is 4. The fourth-order valence-corrected chi connectivity index (χ4v) is 4.70. The molecule has 4 aromatic rings. The smallest absolute Gasteiger partial charge is 0.267 e. The van der Waals surface area contributed by atoms with E-state index in [1.807, 2.05) is 35.7 Å². The Morgan fingerprint density at radius 2 is 1.88 bits per heavy atom. The first kappa shape index (κ1) is 17.3. The monoisotopic (exact) mass is 398 g/mol. The van der Waals surface area contributed by atoms with Crippen LogP contribution in [-0.2, 0) is 5.75 Å². The molecule has 2 heterocycles. The summed E-state index contributed by atoms with van der Waals surface area (Å²) >= 11 is 9.00. The van der Waals surface area contributed by atoms with Crippen molar-refractivity contribution in [3.8, 4) is 5.69 Å². The number of rotatable bonds is 4. The molecule has 4 rings (SSSR count). The van der Waals surface area contributed by atoms with Crippen LogP contribution in [0.25, 0.3) is 15.9 Å². The van der Waals surface area contributed by atoms with Crippen molar-refractivity contribution in [1.29, 1.82) is 0 Å². The average molecular weight is 399 g/mol. The molecule has 0 aliphatic carbocycles. The SMILES string of the molecule is Cc1ccccc1CSc1nc2ccsc2c(=O)n1-c1ccc(Cl)cc1. The zero-order valence-electron chi connectivity index (χ0n) is 14.0. The maximum atomic E-state index is 13.1. The van der Waals surface area contributed by atoms with Gasteiger partial charge in [-0.25, -0.2) is 4.98 Å². The fraction of sp³-hybridized carbons (Fsp3) is 0.100. The summed E-state index contributed by atoms with van der Waals surface area (Å²) in [5.74, 6) is 0.752. The van der Waals surface area contributed by atoms with Gasteiger partial charge in [-0.3, -0.25) is 9.36 Å². The average Bonchev–Trinajstić information content (AvgIpc) is 3.11. The van der Waals surface area contributed by atoms with Crippen LogP contribution in [0.4, 0.5) is 0 Å². The minimum Gasteiger partial charge on any atom is -0.267 e. The largest absolute Gasteiger partial charge is 0.276 e. The predicted molar refractivity (Wildman–Crippen MR) is 111 cm³/mol. The molecule has 130 valence electrons. The molecule has 0 radical (unpaired) electrons. The molecule has 0 spiro atoms. The van der Waals surface area contributed by atoms with Gasteiger partial charge in [0.25, 0.3) is 5.56 Å². The number of thiophene rings is 1. The highest BCUT2D eigenvalue weighted by Gasteiger charge is 2.14. The number of thioether (sulfide) groups is 1. The molecule has 0 fully saturated rings. The van der Waals surface area contributed by atoms with Crippen LogP contribution in [0, 0.1) is 6.92 Å². The lowest BCUT2D eigenvalue weighted by Crippen LogP contribution is -2.20. The van der Waals surface area contributed by atoms with E-state index in [9.17, 15) is 4.79 Å². The van der Waals surface area contributed by atoms with Crippen LogP contribution in [0.1, 0.15) is 11.1 Å². The van der Waals surface area contributed by atoms with Crippen molar-refractivity contribution in [3.63, 3.8) is 0 Å². The van der Waals surface area contributed by atoms with Crippen molar-refractivity contribution in [2.75, 3.05) is 0 Å². The molecule has 2 aromatic heterocycles. The third-order valence-corrected chi connectivity index (χ3v) is 6.28. The highest BCUT2D eigenvalue weighted by Crippen LogP contribution is 2.27. The number of nitrogens with zero attached hydrogens (tertiary/aromatic N) is 2. The molecule has 3 nitrogen and oxygen atoms in total. The van der Waals surface area contributed by atoms with Gasteiger partial charge in [0, 0.05) is 10.8 Å². The van der Waals surface area contributed by atoms with Crippen LogP contribution >= 0.6 is 34.7 Å². The van der Waals surface area contributed by atoms with E-state index in [0.717, 1.165) is 17.0 Å². The van der Waals surface area contributed by atoms with Gasteiger partial charge < -0.3 is 0 Å². The first-order valence-electron chi connectivity index (χ1n) is 8.07. The zero-order valence-corrected chi connectivity index (χ0v) is 16.4. The molecule has 0 N–H and O–H groups in total. The second kappa shape index (κ2) is 7.27. The molecule has 26 heavy (non-hydrogen) atoms. The minimum atomic E-state index is -0.0420. The van der Waals surface area contributed by atoms with Crippen LogP contribution < -0.4 is 5.56 Å². The Balaban J connectivity index is 1.82. The van der Waals surface area contributed by atoms with Crippen LogP contribution in [-0.4, -0.2) is 9.55 Å². The highest BCUT2D eigenvalue weighted by atomic mass is 35.5. The quantitative estimate of drug-likeness (QED) is 0.326. The number of halogens is 1. The first-order chi connectivity index (χ1) is 12.6. The summed E-state index contributed by atoms with van der Waals surface area (Å²) in [4.78, 5) is 17.8. The molecule has 0 saturated heterocycles. The number of benzene rings is 2. The summed E-state index contributed by atoms with van der Waals surface area (Å²) in [7, 11) is 0. The number of hydrogen-bond donors (Lipinski definition) is 0. The summed E-state index contributed by atoms with van der Waals surface area (Å²) in [5, 5.41) is 3.23. The highest BCUT2D eigenvalue weighted by molar-refractivity contribution is 7.98. The van der Waals surface area contributed by atoms with Gasteiger partial charge in [0.05, 0.1) is 11.2 Å². The maximum absolute atomic E-state index is 13.1. The van der Waals surface area contributed by atoms with Gasteiger partial charge in [-0.05, 0) is 53.8 Å². The Labute approximate surface area is 164 Å². The Kier molecular flexibility index (Phi) is 4.85. The number of aromatic nitrogens is 2. The lowest BCUT2D eigenvalue weighted by atomic mass is 10.1. The second-order valence-corrected chi connectivity index (χ2v) is 8.16. The van der Waals surface area contributed by atoms with Gasteiger partial charge in [0.1, 0.15) is 4.70 Å². The molecule has 0 aliphatic rings. The Morgan fingerprint density at radius 3 is 2.65 bits per heavy atom. The summed E-state index contributed by atoms with van der Waals surface area (Å²) < 4.78 is 2.35. The van der Waals surface area contributed by atoms with Gasteiger partial charge in [-0.1, -0.05) is 47.6 Å². The molecule has 0 atom stereocenters. The third kappa shape index (κ3) is 3.30. The summed E-state index contributed by atoms with van der Waals surface area (Å²) in [6.45, 7) is 2.09. The van der Waals surface area contributed by atoms with Gasteiger partial charge in [0.15, 0.2) is 5.16 Å². The van der Waals surface area contributed by atoms with Crippen molar-refractivity contribution >= 4 is 44.9 Å². The van der Waals surface area contributed by atoms with E-state index in [4.69, 9.17) is 16.6 Å². The van der Waals surface area contributed by atoms with Gasteiger partial charge in [-0.15, -0.1) is 11.3 Å². The normalized spacial score (nSPS) is 11.2. The van der Waals surface area contributed by atoms with Crippen molar-refractivity contribution in [2.24, 2.45) is 0 Å². The fourth-order valence-electron chi connectivity index (χ4n) is 2.72. The van der Waals surface area contributed by atoms with Crippen LogP contribution in [0.5, 0.6) is 0 Å². The van der Waals surface area contributed by atoms with Gasteiger partial charge in [0.2, 0.25) is 0 Å². The topological polar surface area (TPSA) is 34.9 Å². The third-order valence-electron chi connectivity index (χ3n) is 4.15. The van der Waals surface area contributed by atoms with E-state index in [1.54, 1.807) is 28.5 Å². The lowest BCUT2D eigenvalue weighted by molar-refractivity contribution is 0.822. The second-order valence-electron chi connectivity index (χ2n) is 5.86. The maximum Gasteiger partial charge on any atom is 0.276 e. The predicted octanol–water partition coefficient (Wildman–Crippen LogP) is 5.70. The number of fused-ring (bicyclic) bond motifs is 1. The summed E-state index contributed by atoms with van der Waals surface area (Å²) in [6, 6.07) is 17.4. The molecule has 0 saturated carbocycles. The molecule has 0 unspecified atom stereocenters. The minimum absolute atomic E-state index is 0.0420. The van der Waals surface area contributed by atoms with E-state index >= 15 is 0 Å². The molecule has 0 amide bonds. The molecular formula is C20H15ClN2OS2. The van der Waals surface area contributed by atoms with Crippen LogP contribution in [0.3, 0.4) is 0 Å².